The van der Waals surface area contributed by atoms with Crippen LogP contribution in [-0.2, 0) is 11.3 Å². The number of hydrogen-bond acceptors (Lipinski definition) is 4. The van der Waals surface area contributed by atoms with Crippen molar-refractivity contribution in [2.75, 3.05) is 47.3 Å². The highest BCUT2D eigenvalue weighted by atomic mass is 127. The number of likely N-dealkylation sites (N-methyl/N-ethyl adjacent to an activating group) is 1. The molecule has 30 heavy (non-hydrogen) atoms. The Morgan fingerprint density at radius 2 is 1.93 bits per heavy atom. The fraction of sp³-hybridized carbons (Fsp3) is 0.636. The lowest BCUT2D eigenvalue weighted by Crippen LogP contribution is -2.50. The van der Waals surface area contributed by atoms with E-state index in [1.807, 2.05) is 7.05 Å². The van der Waals surface area contributed by atoms with E-state index in [-0.39, 0.29) is 29.9 Å². The molecule has 3 N–H and O–H groups in total. The summed E-state index contributed by atoms with van der Waals surface area (Å²) in [4.78, 5) is 20.5. The molecule has 2 rings (SSSR count). The molecule has 1 aromatic carbocycles. The number of piperidine rings is 1. The van der Waals surface area contributed by atoms with Gasteiger partial charge in [0.25, 0.3) is 0 Å². The first kappa shape index (κ1) is 26.6. The molecule has 1 aliphatic rings. The number of amides is 1. The predicted molar refractivity (Wildman–Crippen MR) is 135 cm³/mol. The van der Waals surface area contributed by atoms with Crippen molar-refractivity contribution < 1.29 is 4.79 Å². The van der Waals surface area contributed by atoms with Crippen molar-refractivity contribution in [1.29, 1.82) is 0 Å². The zero-order valence-corrected chi connectivity index (χ0v) is 21.2. The van der Waals surface area contributed by atoms with Crippen molar-refractivity contribution in [3.05, 3.63) is 35.9 Å². The molecule has 0 aromatic heterocycles. The van der Waals surface area contributed by atoms with Crippen LogP contribution in [0, 0.1) is 0 Å². The first-order valence-corrected chi connectivity index (χ1v) is 10.7. The highest BCUT2D eigenvalue weighted by molar-refractivity contribution is 14.0. The maximum absolute atomic E-state index is 11.5. The van der Waals surface area contributed by atoms with Crippen molar-refractivity contribution in [2.24, 2.45) is 4.99 Å². The molecule has 1 saturated heterocycles. The number of rotatable bonds is 9. The molecule has 0 spiro atoms. The Kier molecular flexibility index (Phi) is 13.0. The monoisotopic (exact) mass is 530 g/mol. The fourth-order valence-electron chi connectivity index (χ4n) is 3.55. The highest BCUT2D eigenvalue weighted by Crippen LogP contribution is 2.10. The Morgan fingerprint density at radius 1 is 1.27 bits per heavy atom. The number of hydrogen-bond donors (Lipinski definition) is 3. The number of benzene rings is 1. The van der Waals surface area contributed by atoms with Crippen LogP contribution in [0.2, 0.25) is 0 Å². The van der Waals surface area contributed by atoms with Crippen molar-refractivity contribution in [2.45, 2.75) is 44.8 Å². The zero-order chi connectivity index (χ0) is 21.1. The molecule has 1 fully saturated rings. The van der Waals surface area contributed by atoms with Gasteiger partial charge in [0.2, 0.25) is 5.91 Å². The van der Waals surface area contributed by atoms with Crippen LogP contribution in [0.5, 0.6) is 0 Å². The van der Waals surface area contributed by atoms with Crippen LogP contribution in [0.1, 0.15) is 31.7 Å². The molecular formula is C22H39IN6O. The number of likely N-dealkylation sites (tertiary alicyclic amines) is 1. The van der Waals surface area contributed by atoms with Crippen molar-refractivity contribution >= 4 is 35.8 Å². The molecule has 1 atom stereocenters. The smallest absolute Gasteiger partial charge is 0.233 e. The van der Waals surface area contributed by atoms with Crippen LogP contribution in [0.25, 0.3) is 0 Å². The third-order valence-corrected chi connectivity index (χ3v) is 5.68. The SMILES string of the molecule is CN=C(NCCC(C)N(C)Cc1ccccc1)NC1CCN(CC(=O)NC)CC1.I. The second-order valence-electron chi connectivity index (χ2n) is 7.91. The van der Waals surface area contributed by atoms with E-state index in [2.05, 4.69) is 75.0 Å². The average Bonchev–Trinajstić information content (AvgIpc) is 2.74. The molecule has 0 radical (unpaired) electrons. The Hall–Kier alpha value is -1.39. The number of nitrogens with one attached hydrogen (secondary N) is 3. The van der Waals surface area contributed by atoms with E-state index in [1.54, 1.807) is 7.05 Å². The van der Waals surface area contributed by atoms with Crippen LogP contribution >= 0.6 is 24.0 Å². The van der Waals surface area contributed by atoms with Gasteiger partial charge in [-0.2, -0.15) is 0 Å². The lowest BCUT2D eigenvalue weighted by atomic mass is 10.1. The summed E-state index contributed by atoms with van der Waals surface area (Å²) in [5.74, 6) is 0.952. The minimum Gasteiger partial charge on any atom is -0.358 e. The normalized spacial score (nSPS) is 16.6. The topological polar surface area (TPSA) is 72.0 Å². The molecule has 0 bridgehead atoms. The van der Waals surface area contributed by atoms with Crippen molar-refractivity contribution in [3.8, 4) is 0 Å². The first-order chi connectivity index (χ1) is 14.0. The van der Waals surface area contributed by atoms with Gasteiger partial charge in [0.1, 0.15) is 0 Å². The molecule has 8 heteroatoms. The van der Waals surface area contributed by atoms with Gasteiger partial charge in [-0.05, 0) is 38.8 Å². The Balaban J connectivity index is 0.00000450. The first-order valence-electron chi connectivity index (χ1n) is 10.7. The largest absolute Gasteiger partial charge is 0.358 e. The van der Waals surface area contributed by atoms with E-state index < -0.39 is 0 Å². The van der Waals surface area contributed by atoms with Gasteiger partial charge in [-0.3, -0.25) is 19.6 Å². The Labute approximate surface area is 199 Å². The van der Waals surface area contributed by atoms with Gasteiger partial charge >= 0.3 is 0 Å². The number of halogens is 1. The summed E-state index contributed by atoms with van der Waals surface area (Å²) in [6.07, 6.45) is 3.09. The summed E-state index contributed by atoms with van der Waals surface area (Å²) in [5.41, 5.74) is 1.34. The van der Waals surface area contributed by atoms with Crippen LogP contribution in [0.15, 0.2) is 35.3 Å². The molecule has 170 valence electrons. The average molecular weight is 530 g/mol. The third kappa shape index (κ3) is 9.61. The number of aliphatic imine (C=N–C) groups is 1. The molecule has 1 heterocycles. The van der Waals surface area contributed by atoms with E-state index in [0.29, 0.717) is 18.6 Å². The van der Waals surface area contributed by atoms with E-state index in [9.17, 15) is 4.79 Å². The summed E-state index contributed by atoms with van der Waals surface area (Å²) in [7, 11) is 5.69. The van der Waals surface area contributed by atoms with Gasteiger partial charge in [-0.25, -0.2) is 0 Å². The number of carbonyl (C=O) groups excluding carboxylic acids is 1. The lowest BCUT2D eigenvalue weighted by molar-refractivity contribution is -0.122. The summed E-state index contributed by atoms with van der Waals surface area (Å²) in [5, 5.41) is 9.68. The van der Waals surface area contributed by atoms with Crippen LogP contribution in [-0.4, -0.2) is 81.1 Å². The predicted octanol–water partition coefficient (Wildman–Crippen LogP) is 1.89. The van der Waals surface area contributed by atoms with Gasteiger partial charge in [-0.15, -0.1) is 24.0 Å². The maximum atomic E-state index is 11.5. The molecule has 0 saturated carbocycles. The van der Waals surface area contributed by atoms with Crippen molar-refractivity contribution in [1.82, 2.24) is 25.8 Å². The number of nitrogens with zero attached hydrogens (tertiary/aromatic N) is 3. The van der Waals surface area contributed by atoms with Crippen LogP contribution in [0.3, 0.4) is 0 Å². The van der Waals surface area contributed by atoms with Gasteiger partial charge in [0, 0.05) is 52.4 Å². The molecular weight excluding hydrogens is 491 g/mol. The minimum atomic E-state index is 0. The summed E-state index contributed by atoms with van der Waals surface area (Å²) < 4.78 is 0. The Morgan fingerprint density at radius 3 is 2.53 bits per heavy atom. The molecule has 0 aliphatic carbocycles. The second kappa shape index (κ2) is 14.6. The van der Waals surface area contributed by atoms with Crippen LogP contribution in [0.4, 0.5) is 0 Å². The summed E-state index contributed by atoms with van der Waals surface area (Å²) in [6, 6.07) is 11.5. The Bertz CT molecular complexity index is 634. The van der Waals surface area contributed by atoms with E-state index >= 15 is 0 Å². The molecule has 7 nitrogen and oxygen atoms in total. The van der Waals surface area contributed by atoms with Gasteiger partial charge < -0.3 is 16.0 Å². The third-order valence-electron chi connectivity index (χ3n) is 5.68. The fourth-order valence-corrected chi connectivity index (χ4v) is 3.55. The van der Waals surface area contributed by atoms with E-state index in [1.165, 1.54) is 5.56 Å². The standard InChI is InChI=1S/C22H38N6O.HI/c1-18(27(4)16-19-8-6-5-7-9-19)10-13-25-22(24-3)26-20-11-14-28(15-12-20)17-21(29)23-2;/h5-9,18,20H,10-17H2,1-4H3,(H,23,29)(H2,24,25,26);1H. The van der Waals surface area contributed by atoms with Gasteiger partial charge in [0.15, 0.2) is 5.96 Å². The number of carbonyl (C=O) groups is 1. The summed E-state index contributed by atoms with van der Waals surface area (Å²) >= 11 is 0. The molecule has 1 unspecified atom stereocenters. The van der Waals surface area contributed by atoms with Gasteiger partial charge in [0.05, 0.1) is 6.54 Å². The minimum absolute atomic E-state index is 0. The molecule has 1 aliphatic heterocycles. The number of guanidine groups is 1. The lowest BCUT2D eigenvalue weighted by Gasteiger charge is -2.32. The summed E-state index contributed by atoms with van der Waals surface area (Å²) in [6.45, 7) is 6.47. The van der Waals surface area contributed by atoms with Crippen LogP contribution < -0.4 is 16.0 Å². The van der Waals surface area contributed by atoms with E-state index in [4.69, 9.17) is 0 Å². The molecule has 1 aromatic rings. The zero-order valence-electron chi connectivity index (χ0n) is 18.9. The van der Waals surface area contributed by atoms with Crippen molar-refractivity contribution in [3.63, 3.8) is 0 Å². The maximum Gasteiger partial charge on any atom is 0.233 e. The molecule has 1 amide bonds. The van der Waals surface area contributed by atoms with E-state index in [0.717, 1.165) is 51.4 Å². The highest BCUT2D eigenvalue weighted by Gasteiger charge is 2.21. The van der Waals surface area contributed by atoms with Gasteiger partial charge in [-0.1, -0.05) is 30.3 Å². The quantitative estimate of drug-likeness (QED) is 0.259. The second-order valence-corrected chi connectivity index (χ2v) is 7.91.